The van der Waals surface area contributed by atoms with Crippen LogP contribution in [0.15, 0.2) is 0 Å². The molecule has 0 aromatic heterocycles. The number of carbonyl (C=O) groups excluding carboxylic acids is 2. The minimum absolute atomic E-state index is 0.246. The van der Waals surface area contributed by atoms with Crippen molar-refractivity contribution < 1.29 is 14.7 Å². The normalized spacial score (nSPS) is 19.7. The molecule has 98 valence electrons. The lowest BCUT2D eigenvalue weighted by molar-refractivity contribution is -0.134. The van der Waals surface area contributed by atoms with E-state index in [-0.39, 0.29) is 5.91 Å². The number of nitrogens with two attached hydrogens (primary N) is 1. The first-order valence-corrected chi connectivity index (χ1v) is 5.87. The fraction of sp³-hybridized carbons (Fsp3) is 0.818. The Bertz CT molecular complexity index is 300. The van der Waals surface area contributed by atoms with Gasteiger partial charge in [0.15, 0.2) is 0 Å². The van der Waals surface area contributed by atoms with Crippen LogP contribution in [0.25, 0.3) is 0 Å². The van der Waals surface area contributed by atoms with Gasteiger partial charge in [-0.3, -0.25) is 4.79 Å². The summed E-state index contributed by atoms with van der Waals surface area (Å²) in [6.45, 7) is 1.87. The Labute approximate surface area is 101 Å². The van der Waals surface area contributed by atoms with Gasteiger partial charge in [-0.05, 0) is 19.8 Å². The predicted octanol–water partition coefficient (Wildman–Crippen LogP) is -0.193. The second kappa shape index (κ2) is 5.35. The first kappa shape index (κ1) is 13.8. The Balaban J connectivity index is 2.48. The summed E-state index contributed by atoms with van der Waals surface area (Å²) in [5.74, 6) is -0.246. The van der Waals surface area contributed by atoms with Gasteiger partial charge in [0.2, 0.25) is 5.91 Å². The van der Waals surface area contributed by atoms with Gasteiger partial charge in [-0.15, -0.1) is 0 Å². The lowest BCUT2D eigenvalue weighted by atomic mass is 10.0. The van der Waals surface area contributed by atoms with Crippen LogP contribution in [0.4, 0.5) is 4.79 Å². The van der Waals surface area contributed by atoms with Gasteiger partial charge >= 0.3 is 6.03 Å². The van der Waals surface area contributed by atoms with Crippen molar-refractivity contribution in [2.75, 3.05) is 13.6 Å². The smallest absolute Gasteiger partial charge is 0.312 e. The number of amides is 3. The fourth-order valence-electron chi connectivity index (χ4n) is 2.32. The Morgan fingerprint density at radius 2 is 2.00 bits per heavy atom. The van der Waals surface area contributed by atoms with Crippen molar-refractivity contribution in [1.29, 1.82) is 0 Å². The minimum atomic E-state index is -0.767. The van der Waals surface area contributed by atoms with Crippen LogP contribution in [0, 0.1) is 0 Å². The number of primary amides is 1. The SMILES string of the molecule is CC(NC(N)=O)C(=O)N(C)CC1(O)CCCC1. The zero-order valence-electron chi connectivity index (χ0n) is 10.4. The number of nitrogens with one attached hydrogen (secondary N) is 1. The average Bonchev–Trinajstić information content (AvgIpc) is 2.62. The van der Waals surface area contributed by atoms with E-state index < -0.39 is 17.7 Å². The number of hydrogen-bond acceptors (Lipinski definition) is 3. The number of urea groups is 1. The van der Waals surface area contributed by atoms with Gasteiger partial charge in [-0.2, -0.15) is 0 Å². The third-order valence-corrected chi connectivity index (χ3v) is 3.17. The second-order valence-electron chi connectivity index (χ2n) is 4.86. The number of rotatable bonds is 4. The number of aliphatic hydroxyl groups is 1. The van der Waals surface area contributed by atoms with Crippen LogP contribution in [0.1, 0.15) is 32.6 Å². The molecule has 1 aliphatic carbocycles. The topological polar surface area (TPSA) is 95.7 Å². The van der Waals surface area contributed by atoms with Gasteiger partial charge in [0.25, 0.3) is 0 Å². The van der Waals surface area contributed by atoms with Crippen molar-refractivity contribution in [2.45, 2.75) is 44.2 Å². The number of hydrogen-bond donors (Lipinski definition) is 3. The summed E-state index contributed by atoms with van der Waals surface area (Å²) in [5.41, 5.74) is 4.18. The first-order valence-electron chi connectivity index (χ1n) is 5.87. The van der Waals surface area contributed by atoms with Crippen molar-refractivity contribution in [1.82, 2.24) is 10.2 Å². The lowest BCUT2D eigenvalue weighted by Gasteiger charge is -2.30. The lowest BCUT2D eigenvalue weighted by Crippen LogP contribution is -2.50. The van der Waals surface area contributed by atoms with E-state index in [2.05, 4.69) is 5.32 Å². The summed E-state index contributed by atoms with van der Waals surface area (Å²) in [6.07, 6.45) is 3.44. The molecule has 6 nitrogen and oxygen atoms in total. The molecule has 0 saturated heterocycles. The quantitative estimate of drug-likeness (QED) is 0.638. The Morgan fingerprint density at radius 3 is 2.47 bits per heavy atom. The molecule has 0 heterocycles. The molecule has 0 aromatic rings. The zero-order valence-corrected chi connectivity index (χ0v) is 10.4. The van der Waals surface area contributed by atoms with E-state index in [1.54, 1.807) is 14.0 Å². The van der Waals surface area contributed by atoms with Crippen molar-refractivity contribution in [3.8, 4) is 0 Å². The Hall–Kier alpha value is -1.30. The van der Waals surface area contributed by atoms with Crippen LogP contribution >= 0.6 is 0 Å². The van der Waals surface area contributed by atoms with E-state index in [4.69, 9.17) is 5.73 Å². The maximum Gasteiger partial charge on any atom is 0.312 e. The van der Waals surface area contributed by atoms with E-state index in [9.17, 15) is 14.7 Å². The molecule has 0 aromatic carbocycles. The largest absolute Gasteiger partial charge is 0.388 e. The van der Waals surface area contributed by atoms with Gasteiger partial charge in [0.1, 0.15) is 6.04 Å². The molecule has 1 rings (SSSR count). The standard InChI is InChI=1S/C11H21N3O3/c1-8(13-10(12)16)9(15)14(2)7-11(17)5-3-4-6-11/h8,17H,3-7H2,1-2H3,(H3,12,13,16). The van der Waals surface area contributed by atoms with Crippen LogP contribution in [0.2, 0.25) is 0 Å². The third kappa shape index (κ3) is 3.89. The molecule has 0 radical (unpaired) electrons. The summed E-state index contributed by atoms with van der Waals surface area (Å²) >= 11 is 0. The van der Waals surface area contributed by atoms with Crippen LogP contribution in [-0.4, -0.2) is 47.2 Å². The predicted molar refractivity (Wildman–Crippen MR) is 63.2 cm³/mol. The summed E-state index contributed by atoms with van der Waals surface area (Å²) in [7, 11) is 1.62. The maximum atomic E-state index is 11.9. The second-order valence-corrected chi connectivity index (χ2v) is 4.86. The molecule has 1 unspecified atom stereocenters. The summed E-state index contributed by atoms with van der Waals surface area (Å²) in [5, 5.41) is 12.5. The van der Waals surface area contributed by atoms with Crippen LogP contribution < -0.4 is 11.1 Å². The molecule has 17 heavy (non-hydrogen) atoms. The van der Waals surface area contributed by atoms with E-state index in [1.165, 1.54) is 4.90 Å². The monoisotopic (exact) mass is 243 g/mol. The van der Waals surface area contributed by atoms with Gasteiger partial charge in [0, 0.05) is 13.6 Å². The Kier molecular flexibility index (Phi) is 4.34. The molecule has 4 N–H and O–H groups in total. The Morgan fingerprint density at radius 1 is 1.47 bits per heavy atom. The molecular formula is C11H21N3O3. The number of nitrogens with zero attached hydrogens (tertiary/aromatic N) is 1. The molecule has 6 heteroatoms. The van der Waals surface area contributed by atoms with Crippen LogP contribution in [0.3, 0.4) is 0 Å². The summed E-state index contributed by atoms with van der Waals surface area (Å²) < 4.78 is 0. The molecule has 3 amide bonds. The van der Waals surface area contributed by atoms with Gasteiger partial charge in [0.05, 0.1) is 5.60 Å². The van der Waals surface area contributed by atoms with E-state index in [0.717, 1.165) is 25.7 Å². The van der Waals surface area contributed by atoms with Gasteiger partial charge in [-0.25, -0.2) is 4.79 Å². The molecular weight excluding hydrogens is 222 g/mol. The van der Waals surface area contributed by atoms with Crippen LogP contribution in [-0.2, 0) is 4.79 Å². The highest BCUT2D eigenvalue weighted by Gasteiger charge is 2.34. The highest BCUT2D eigenvalue weighted by Crippen LogP contribution is 2.29. The van der Waals surface area contributed by atoms with Gasteiger partial charge in [-0.1, -0.05) is 12.8 Å². The summed E-state index contributed by atoms with van der Waals surface area (Å²) in [4.78, 5) is 23.9. The third-order valence-electron chi connectivity index (χ3n) is 3.17. The first-order chi connectivity index (χ1) is 7.84. The van der Waals surface area contributed by atoms with Crippen LogP contribution in [0.5, 0.6) is 0 Å². The highest BCUT2D eigenvalue weighted by molar-refractivity contribution is 5.86. The van der Waals surface area contributed by atoms with E-state index in [0.29, 0.717) is 6.54 Å². The van der Waals surface area contributed by atoms with Crippen molar-refractivity contribution in [2.24, 2.45) is 5.73 Å². The average molecular weight is 243 g/mol. The van der Waals surface area contributed by atoms with E-state index >= 15 is 0 Å². The van der Waals surface area contributed by atoms with Crippen molar-refractivity contribution in [3.05, 3.63) is 0 Å². The molecule has 0 aliphatic heterocycles. The molecule has 0 spiro atoms. The summed E-state index contributed by atoms with van der Waals surface area (Å²) in [6, 6.07) is -1.39. The molecule has 1 saturated carbocycles. The molecule has 1 atom stereocenters. The number of carbonyl (C=O) groups is 2. The fourth-order valence-corrected chi connectivity index (χ4v) is 2.32. The minimum Gasteiger partial charge on any atom is -0.388 e. The highest BCUT2D eigenvalue weighted by atomic mass is 16.3. The molecule has 1 fully saturated rings. The molecule has 0 bridgehead atoms. The number of likely N-dealkylation sites (N-methyl/N-ethyl adjacent to an activating group) is 1. The zero-order chi connectivity index (χ0) is 13.1. The maximum absolute atomic E-state index is 11.9. The van der Waals surface area contributed by atoms with Gasteiger partial charge < -0.3 is 21.1 Å². The van der Waals surface area contributed by atoms with Crippen molar-refractivity contribution in [3.63, 3.8) is 0 Å². The molecule has 1 aliphatic rings. The van der Waals surface area contributed by atoms with E-state index in [1.807, 2.05) is 0 Å². The van der Waals surface area contributed by atoms with Crippen molar-refractivity contribution >= 4 is 11.9 Å².